The molecule has 2 aromatic carbocycles. The summed E-state index contributed by atoms with van der Waals surface area (Å²) in [5.41, 5.74) is 2.94. The number of carbonyl (C=O) groups excluding carboxylic acids is 2. The van der Waals surface area contributed by atoms with Crippen molar-refractivity contribution in [1.82, 2.24) is 15.5 Å². The van der Waals surface area contributed by atoms with E-state index in [9.17, 15) is 9.59 Å². The van der Waals surface area contributed by atoms with Gasteiger partial charge in [-0.15, -0.1) is 0 Å². The van der Waals surface area contributed by atoms with Crippen LogP contribution in [0.5, 0.6) is 5.75 Å². The predicted molar refractivity (Wildman–Crippen MR) is 155 cm³/mol. The number of amides is 2. The van der Waals surface area contributed by atoms with Gasteiger partial charge < -0.3 is 20.3 Å². The molecule has 3 heterocycles. The maximum absolute atomic E-state index is 13.7. The van der Waals surface area contributed by atoms with Crippen molar-refractivity contribution in [1.29, 1.82) is 0 Å². The van der Waals surface area contributed by atoms with Gasteiger partial charge in [-0.2, -0.15) is 0 Å². The van der Waals surface area contributed by atoms with Crippen LogP contribution in [0.4, 0.5) is 5.69 Å². The minimum atomic E-state index is -0.372. The Morgan fingerprint density at radius 3 is 2.44 bits per heavy atom. The van der Waals surface area contributed by atoms with Crippen LogP contribution in [0.1, 0.15) is 74.2 Å². The fourth-order valence-electron chi connectivity index (χ4n) is 6.36. The number of rotatable bonds is 3. The Morgan fingerprint density at radius 1 is 0.872 bits per heavy atom. The number of para-hydroxylation sites is 2. The van der Waals surface area contributed by atoms with Gasteiger partial charge in [0.25, 0.3) is 5.91 Å². The number of carbonyl (C=O) groups is 2. The van der Waals surface area contributed by atoms with Crippen molar-refractivity contribution in [2.45, 2.75) is 70.9 Å². The molecule has 3 aliphatic heterocycles. The highest BCUT2D eigenvalue weighted by molar-refractivity contribution is 5.96. The lowest BCUT2D eigenvalue weighted by Gasteiger charge is -2.42. The van der Waals surface area contributed by atoms with E-state index in [4.69, 9.17) is 4.74 Å². The van der Waals surface area contributed by atoms with Crippen LogP contribution in [0.3, 0.4) is 0 Å². The maximum Gasteiger partial charge on any atom is 0.255 e. The lowest BCUT2D eigenvalue weighted by Crippen LogP contribution is -2.51. The Kier molecular flexibility index (Phi) is 9.07. The second kappa shape index (κ2) is 12.9. The molecule has 0 unspecified atom stereocenters. The molecule has 0 aromatic heterocycles. The highest BCUT2D eigenvalue weighted by atomic mass is 16.5. The number of anilines is 1. The number of hydrogen-bond donors (Lipinski definition) is 2. The lowest BCUT2D eigenvalue weighted by atomic mass is 9.73. The zero-order valence-corrected chi connectivity index (χ0v) is 23.4. The van der Waals surface area contributed by atoms with Crippen LogP contribution in [0.2, 0.25) is 0 Å². The molecule has 2 saturated heterocycles. The number of benzene rings is 2. The first-order valence-corrected chi connectivity index (χ1v) is 14.9. The average molecular weight is 533 g/mol. The van der Waals surface area contributed by atoms with Crippen molar-refractivity contribution < 1.29 is 14.3 Å². The molecule has 7 heteroatoms. The monoisotopic (exact) mass is 532 g/mol. The first-order valence-electron chi connectivity index (χ1n) is 14.9. The summed E-state index contributed by atoms with van der Waals surface area (Å²) in [5, 5.41) is 6.30. The molecule has 39 heavy (non-hydrogen) atoms. The second-order valence-electron chi connectivity index (χ2n) is 11.6. The molecule has 2 N–H and O–H groups in total. The van der Waals surface area contributed by atoms with Crippen LogP contribution in [0.25, 0.3) is 0 Å². The molecule has 0 radical (unpaired) electrons. The van der Waals surface area contributed by atoms with Crippen molar-refractivity contribution in [3.05, 3.63) is 59.7 Å². The molecule has 2 aromatic rings. The summed E-state index contributed by atoms with van der Waals surface area (Å²) < 4.78 is 6.00. The van der Waals surface area contributed by atoms with Crippen LogP contribution in [-0.2, 0) is 11.3 Å². The molecule has 7 nitrogen and oxygen atoms in total. The molecule has 0 bridgehead atoms. The molecule has 2 amide bonds. The Labute approximate surface area is 233 Å². The van der Waals surface area contributed by atoms with Crippen LogP contribution >= 0.6 is 0 Å². The number of hydrogen-bond acceptors (Lipinski definition) is 5. The third-order valence-electron chi connectivity index (χ3n) is 8.74. The smallest absolute Gasteiger partial charge is 0.255 e. The third kappa shape index (κ3) is 6.75. The van der Waals surface area contributed by atoms with Gasteiger partial charge in [-0.05, 0) is 88.7 Å². The highest BCUT2D eigenvalue weighted by Crippen LogP contribution is 2.38. The van der Waals surface area contributed by atoms with Gasteiger partial charge in [0.05, 0.1) is 17.0 Å². The van der Waals surface area contributed by atoms with E-state index in [2.05, 4.69) is 44.7 Å². The molecule has 5 rings (SSSR count). The maximum atomic E-state index is 13.7. The van der Waals surface area contributed by atoms with Gasteiger partial charge in [-0.25, -0.2) is 0 Å². The quantitative estimate of drug-likeness (QED) is 0.597. The van der Waals surface area contributed by atoms with E-state index in [-0.39, 0.29) is 23.3 Å². The van der Waals surface area contributed by atoms with Crippen molar-refractivity contribution in [3.8, 4) is 5.75 Å². The Balaban J connectivity index is 1.24. The van der Waals surface area contributed by atoms with Gasteiger partial charge in [0, 0.05) is 31.9 Å². The predicted octanol–water partition coefficient (Wildman–Crippen LogP) is 4.76. The Morgan fingerprint density at radius 2 is 1.62 bits per heavy atom. The molecule has 210 valence electrons. The summed E-state index contributed by atoms with van der Waals surface area (Å²) in [6.07, 6.45) is 8.20. The van der Waals surface area contributed by atoms with Crippen molar-refractivity contribution in [3.63, 3.8) is 0 Å². The molecule has 1 atom stereocenters. The van der Waals surface area contributed by atoms with Crippen molar-refractivity contribution in [2.24, 2.45) is 5.41 Å². The number of ether oxygens (including phenoxy) is 1. The van der Waals surface area contributed by atoms with Gasteiger partial charge in [0.1, 0.15) is 12.4 Å². The van der Waals surface area contributed by atoms with Crippen LogP contribution in [-0.4, -0.2) is 62.1 Å². The third-order valence-corrected chi connectivity index (χ3v) is 8.74. The molecule has 2 fully saturated rings. The Bertz CT molecular complexity index is 1120. The molecule has 1 spiro atoms. The topological polar surface area (TPSA) is 73.9 Å². The summed E-state index contributed by atoms with van der Waals surface area (Å²) >= 11 is 0. The first-order chi connectivity index (χ1) is 19.0. The standard InChI is InChI=1S/C32H44N4O3/c1-25-24-39-29-14-6-4-12-27(29)30(37)33-18-8-7-15-32(31(38)34-25)16-21-35(22-17-32)23-26-11-3-5-13-28(26)36-19-9-2-10-20-36/h3-6,11-14,25H,2,7-10,15-24H2,1H3,(H,33,37)(H,34,38)/t25-/m1/s1. The van der Waals surface area contributed by atoms with E-state index >= 15 is 0 Å². The molecular formula is C32H44N4O3. The minimum Gasteiger partial charge on any atom is -0.491 e. The van der Waals surface area contributed by atoms with Crippen LogP contribution in [0, 0.1) is 5.41 Å². The van der Waals surface area contributed by atoms with Crippen LogP contribution in [0.15, 0.2) is 48.5 Å². The average Bonchev–Trinajstić information content (AvgIpc) is 2.97. The van der Waals surface area contributed by atoms with E-state index < -0.39 is 0 Å². The zero-order valence-electron chi connectivity index (χ0n) is 23.4. The lowest BCUT2D eigenvalue weighted by molar-refractivity contribution is -0.135. The number of fused-ring (bicyclic) bond motifs is 1. The van der Waals surface area contributed by atoms with E-state index in [1.54, 1.807) is 6.07 Å². The van der Waals surface area contributed by atoms with Gasteiger partial charge in [-0.1, -0.05) is 36.8 Å². The van der Waals surface area contributed by atoms with E-state index in [0.29, 0.717) is 24.5 Å². The second-order valence-corrected chi connectivity index (χ2v) is 11.6. The molecule has 0 saturated carbocycles. The summed E-state index contributed by atoms with van der Waals surface area (Å²) in [5.74, 6) is 0.606. The van der Waals surface area contributed by atoms with E-state index in [1.807, 2.05) is 25.1 Å². The number of nitrogens with one attached hydrogen (secondary N) is 2. The molecular weight excluding hydrogens is 488 g/mol. The molecule has 0 aliphatic carbocycles. The first kappa shape index (κ1) is 27.5. The number of likely N-dealkylation sites (tertiary alicyclic amines) is 1. The number of piperidine rings is 2. The summed E-state index contributed by atoms with van der Waals surface area (Å²) in [6, 6.07) is 16.0. The fourth-order valence-corrected chi connectivity index (χ4v) is 6.36. The van der Waals surface area contributed by atoms with Crippen LogP contribution < -0.4 is 20.3 Å². The summed E-state index contributed by atoms with van der Waals surface area (Å²) in [6.45, 7) is 7.95. The van der Waals surface area contributed by atoms with Gasteiger partial charge in [-0.3, -0.25) is 14.5 Å². The Hall–Kier alpha value is -3.06. The fraction of sp³-hybridized carbons (Fsp3) is 0.562. The summed E-state index contributed by atoms with van der Waals surface area (Å²) in [4.78, 5) is 31.6. The van der Waals surface area contributed by atoms with E-state index in [0.717, 1.165) is 64.8 Å². The van der Waals surface area contributed by atoms with Gasteiger partial charge >= 0.3 is 0 Å². The van der Waals surface area contributed by atoms with Gasteiger partial charge in [0.15, 0.2) is 0 Å². The number of nitrogens with zero attached hydrogens (tertiary/aromatic N) is 2. The largest absolute Gasteiger partial charge is 0.491 e. The zero-order chi connectivity index (χ0) is 27.1. The van der Waals surface area contributed by atoms with E-state index in [1.165, 1.54) is 30.5 Å². The normalized spacial score (nSPS) is 23.2. The van der Waals surface area contributed by atoms with Gasteiger partial charge in [0.2, 0.25) is 5.91 Å². The van der Waals surface area contributed by atoms with Crippen molar-refractivity contribution in [2.75, 3.05) is 44.2 Å². The highest BCUT2D eigenvalue weighted by Gasteiger charge is 2.41. The molecule has 3 aliphatic rings. The van der Waals surface area contributed by atoms with Crippen molar-refractivity contribution >= 4 is 17.5 Å². The minimum absolute atomic E-state index is 0.104. The summed E-state index contributed by atoms with van der Waals surface area (Å²) in [7, 11) is 0. The SMILES string of the molecule is C[C@@H]1COc2ccccc2C(=O)NCCCCC2(CCN(Cc3ccccc3N3CCCCC3)CC2)C(=O)N1.